The quantitative estimate of drug-likeness (QED) is 0.678. The second-order valence-electron chi connectivity index (χ2n) is 7.61. The van der Waals surface area contributed by atoms with E-state index in [9.17, 15) is 21.6 Å². The largest absolute Gasteiger partial charge is 0.356 e. The molecule has 2 aromatic rings. The Morgan fingerprint density at radius 3 is 2.62 bits per heavy atom. The van der Waals surface area contributed by atoms with Gasteiger partial charge in [0.1, 0.15) is 17.8 Å². The molecule has 10 heteroatoms. The first kappa shape index (κ1) is 21.6. The Morgan fingerprint density at radius 1 is 1.21 bits per heavy atom. The zero-order valence-electron chi connectivity index (χ0n) is 16.2. The molecule has 0 aromatic carbocycles. The molecule has 0 aliphatic heterocycles. The number of halogens is 3. The van der Waals surface area contributed by atoms with Crippen LogP contribution in [-0.4, -0.2) is 48.0 Å². The van der Waals surface area contributed by atoms with Crippen LogP contribution in [0.25, 0.3) is 11.0 Å². The van der Waals surface area contributed by atoms with Crippen molar-refractivity contribution in [2.24, 2.45) is 5.92 Å². The summed E-state index contributed by atoms with van der Waals surface area (Å²) in [4.78, 5) is 13.8. The lowest BCUT2D eigenvalue weighted by Crippen LogP contribution is -2.37. The minimum atomic E-state index is -3.39. The third-order valence-electron chi connectivity index (χ3n) is 5.58. The molecule has 0 amide bonds. The van der Waals surface area contributed by atoms with E-state index in [1.807, 2.05) is 19.3 Å². The van der Waals surface area contributed by atoms with E-state index in [1.165, 1.54) is 6.33 Å². The van der Waals surface area contributed by atoms with Crippen LogP contribution in [0.3, 0.4) is 0 Å². The number of aromatic nitrogens is 3. The van der Waals surface area contributed by atoms with Gasteiger partial charge in [0.2, 0.25) is 0 Å². The SMILES string of the molecule is CN(c1ncnc2[nH]ccc12)C1CCC(CS(=O)(=O)CCCC(F)=C(F)F)CC1. The molecule has 0 unspecified atom stereocenters. The number of aromatic amines is 1. The van der Waals surface area contributed by atoms with Crippen LogP contribution in [0.5, 0.6) is 0 Å². The van der Waals surface area contributed by atoms with Crippen molar-refractivity contribution in [2.75, 3.05) is 23.5 Å². The van der Waals surface area contributed by atoms with Gasteiger partial charge < -0.3 is 9.88 Å². The molecule has 1 N–H and O–H groups in total. The number of hydrogen-bond acceptors (Lipinski definition) is 5. The zero-order valence-corrected chi connectivity index (χ0v) is 17.1. The first-order valence-corrected chi connectivity index (χ1v) is 11.5. The predicted octanol–water partition coefficient (Wildman–Crippen LogP) is 4.23. The van der Waals surface area contributed by atoms with Crippen molar-refractivity contribution < 1.29 is 21.6 Å². The average Bonchev–Trinajstić information content (AvgIpc) is 3.16. The number of rotatable bonds is 8. The molecule has 2 aromatic heterocycles. The monoisotopic (exact) mass is 430 g/mol. The second-order valence-corrected chi connectivity index (χ2v) is 9.83. The van der Waals surface area contributed by atoms with E-state index in [4.69, 9.17) is 0 Å². The van der Waals surface area contributed by atoms with Gasteiger partial charge in [-0.25, -0.2) is 22.8 Å². The molecular formula is C19H25F3N4O2S. The molecule has 0 bridgehead atoms. The topological polar surface area (TPSA) is 79.0 Å². The summed E-state index contributed by atoms with van der Waals surface area (Å²) in [7, 11) is -1.40. The van der Waals surface area contributed by atoms with Crippen molar-refractivity contribution in [1.29, 1.82) is 0 Å². The fourth-order valence-corrected chi connectivity index (χ4v) is 5.80. The number of hydrogen-bond donors (Lipinski definition) is 1. The number of allylic oxidation sites excluding steroid dienone is 1. The first-order chi connectivity index (χ1) is 13.8. The van der Waals surface area contributed by atoms with Gasteiger partial charge in [-0.05, 0) is 44.1 Å². The fraction of sp³-hybridized carbons (Fsp3) is 0.579. The molecule has 29 heavy (non-hydrogen) atoms. The smallest absolute Gasteiger partial charge is 0.301 e. The van der Waals surface area contributed by atoms with Gasteiger partial charge in [0.25, 0.3) is 0 Å². The Morgan fingerprint density at radius 2 is 1.93 bits per heavy atom. The predicted molar refractivity (Wildman–Crippen MR) is 106 cm³/mol. The van der Waals surface area contributed by atoms with E-state index in [0.717, 1.165) is 42.5 Å². The van der Waals surface area contributed by atoms with Crippen LogP contribution in [0.15, 0.2) is 30.5 Å². The van der Waals surface area contributed by atoms with Crippen LogP contribution < -0.4 is 4.90 Å². The standard InChI is InChI=1S/C19H25F3N4O2S/c1-26(19-15-8-9-23-18(15)24-12-25-19)14-6-4-13(5-7-14)11-29(27,28)10-2-3-16(20)17(21)22/h8-9,12-14H,2-7,10-11H2,1H3,(H,23,24,25). The fourth-order valence-electron chi connectivity index (χ4n) is 4.00. The highest BCUT2D eigenvalue weighted by Crippen LogP contribution is 2.32. The van der Waals surface area contributed by atoms with E-state index in [0.29, 0.717) is 0 Å². The van der Waals surface area contributed by atoms with Crippen LogP contribution in [0.2, 0.25) is 0 Å². The van der Waals surface area contributed by atoms with Crippen LogP contribution in [0, 0.1) is 5.92 Å². The van der Waals surface area contributed by atoms with Crippen molar-refractivity contribution in [3.05, 3.63) is 30.5 Å². The molecule has 1 aliphatic carbocycles. The summed E-state index contributed by atoms with van der Waals surface area (Å²) in [5.74, 6) is -0.865. The van der Waals surface area contributed by atoms with Gasteiger partial charge in [-0.1, -0.05) is 0 Å². The van der Waals surface area contributed by atoms with E-state index in [1.54, 1.807) is 0 Å². The van der Waals surface area contributed by atoms with Crippen molar-refractivity contribution >= 4 is 26.7 Å². The first-order valence-electron chi connectivity index (χ1n) is 9.68. The van der Waals surface area contributed by atoms with Gasteiger partial charge in [-0.2, -0.15) is 8.78 Å². The lowest BCUT2D eigenvalue weighted by Gasteiger charge is -2.35. The Hall–Kier alpha value is -2.10. The maximum Gasteiger partial charge on any atom is 0.301 e. The number of fused-ring (bicyclic) bond motifs is 1. The van der Waals surface area contributed by atoms with Gasteiger partial charge in [0, 0.05) is 25.7 Å². The lowest BCUT2D eigenvalue weighted by molar-refractivity contribution is 0.340. The summed E-state index contributed by atoms with van der Waals surface area (Å²) in [6.07, 6.45) is 3.54. The number of nitrogens with one attached hydrogen (secondary N) is 1. The van der Waals surface area contributed by atoms with Crippen LogP contribution >= 0.6 is 0 Å². The lowest BCUT2D eigenvalue weighted by atomic mass is 9.86. The summed E-state index contributed by atoms with van der Waals surface area (Å²) in [6, 6.07) is 2.19. The maximum absolute atomic E-state index is 12.8. The molecule has 160 valence electrons. The van der Waals surface area contributed by atoms with Crippen molar-refractivity contribution in [2.45, 2.75) is 44.6 Å². The average molecular weight is 430 g/mol. The highest BCUT2D eigenvalue weighted by atomic mass is 32.2. The van der Waals surface area contributed by atoms with Gasteiger partial charge in [0.05, 0.1) is 16.9 Å². The summed E-state index contributed by atoms with van der Waals surface area (Å²) >= 11 is 0. The highest BCUT2D eigenvalue weighted by molar-refractivity contribution is 7.91. The van der Waals surface area contributed by atoms with Gasteiger partial charge in [0.15, 0.2) is 15.7 Å². The molecule has 0 spiro atoms. The summed E-state index contributed by atoms with van der Waals surface area (Å²) in [5.41, 5.74) is 0.778. The molecule has 1 aliphatic rings. The number of sulfone groups is 1. The molecule has 2 heterocycles. The summed E-state index contributed by atoms with van der Waals surface area (Å²) in [6.45, 7) is 0. The Labute approximate surface area is 168 Å². The van der Waals surface area contributed by atoms with Gasteiger partial charge in [-0.15, -0.1) is 0 Å². The third-order valence-corrected chi connectivity index (χ3v) is 7.47. The van der Waals surface area contributed by atoms with E-state index < -0.39 is 28.2 Å². The van der Waals surface area contributed by atoms with Crippen molar-refractivity contribution in [1.82, 2.24) is 15.0 Å². The van der Waals surface area contributed by atoms with E-state index in [2.05, 4.69) is 19.9 Å². The van der Waals surface area contributed by atoms with Crippen LogP contribution in [-0.2, 0) is 9.84 Å². The Kier molecular flexibility index (Phi) is 6.81. The Balaban J connectivity index is 1.51. The molecule has 0 radical (unpaired) electrons. The van der Waals surface area contributed by atoms with Crippen molar-refractivity contribution in [3.8, 4) is 0 Å². The molecular weight excluding hydrogens is 405 g/mol. The van der Waals surface area contributed by atoms with E-state index >= 15 is 0 Å². The zero-order chi connectivity index (χ0) is 21.0. The van der Waals surface area contributed by atoms with Gasteiger partial charge >= 0.3 is 6.08 Å². The van der Waals surface area contributed by atoms with Gasteiger partial charge in [-0.3, -0.25) is 0 Å². The molecule has 6 nitrogen and oxygen atoms in total. The van der Waals surface area contributed by atoms with E-state index in [-0.39, 0.29) is 29.9 Å². The molecule has 1 saturated carbocycles. The van der Waals surface area contributed by atoms with Crippen LogP contribution in [0.4, 0.5) is 19.0 Å². The maximum atomic E-state index is 12.8. The second kappa shape index (κ2) is 9.15. The molecule has 1 fully saturated rings. The summed E-state index contributed by atoms with van der Waals surface area (Å²) in [5, 5.41) is 0.950. The molecule has 3 rings (SSSR count). The number of nitrogens with zero attached hydrogens (tertiary/aromatic N) is 3. The Bertz CT molecular complexity index is 965. The molecule has 0 saturated heterocycles. The third kappa shape index (κ3) is 5.49. The number of anilines is 1. The highest BCUT2D eigenvalue weighted by Gasteiger charge is 2.28. The minimum Gasteiger partial charge on any atom is -0.356 e. The normalized spacial score (nSPS) is 20.0. The van der Waals surface area contributed by atoms with Crippen LogP contribution in [0.1, 0.15) is 38.5 Å². The summed E-state index contributed by atoms with van der Waals surface area (Å²) < 4.78 is 61.4. The molecule has 0 atom stereocenters. The van der Waals surface area contributed by atoms with Crippen molar-refractivity contribution in [3.63, 3.8) is 0 Å². The number of H-pyrrole nitrogens is 1. The minimum absolute atomic E-state index is 0.0302.